The molecule has 0 aromatic carbocycles. The van der Waals surface area contributed by atoms with E-state index < -0.39 is 10.2 Å². The van der Waals surface area contributed by atoms with Crippen molar-refractivity contribution in [2.75, 3.05) is 33.7 Å². The van der Waals surface area contributed by atoms with Crippen LogP contribution in [0.15, 0.2) is 0 Å². The minimum absolute atomic E-state index is 0.0212. The fourth-order valence-corrected chi connectivity index (χ4v) is 5.04. The van der Waals surface area contributed by atoms with Crippen LogP contribution in [0.25, 0.3) is 0 Å². The fourth-order valence-electron chi connectivity index (χ4n) is 3.71. The van der Waals surface area contributed by atoms with Gasteiger partial charge in [-0.2, -0.15) is 12.7 Å². The monoisotopic (exact) mass is 331 g/mol. The van der Waals surface area contributed by atoms with Gasteiger partial charge in [0, 0.05) is 25.2 Å². The summed E-state index contributed by atoms with van der Waals surface area (Å²) in [5, 5.41) is 0. The minimum atomic E-state index is -3.33. The number of nitrogens with one attached hydrogen (secondary N) is 1. The third-order valence-corrected chi connectivity index (χ3v) is 7.20. The number of likely N-dealkylation sites (N-methyl/N-ethyl adjacent to an activating group) is 1. The van der Waals surface area contributed by atoms with Crippen LogP contribution in [0, 0.1) is 5.92 Å². The van der Waals surface area contributed by atoms with Gasteiger partial charge in [0.05, 0.1) is 0 Å². The summed E-state index contributed by atoms with van der Waals surface area (Å²) >= 11 is 0. The maximum atomic E-state index is 12.6. The van der Waals surface area contributed by atoms with E-state index in [1.807, 2.05) is 0 Å². The van der Waals surface area contributed by atoms with Gasteiger partial charge in [0.2, 0.25) is 0 Å². The van der Waals surface area contributed by atoms with Crippen molar-refractivity contribution in [3.8, 4) is 0 Å². The Morgan fingerprint density at radius 1 is 1.09 bits per heavy atom. The second-order valence-electron chi connectivity index (χ2n) is 7.44. The summed E-state index contributed by atoms with van der Waals surface area (Å²) in [5.74, 6) is 0.640. The normalized spacial score (nSPS) is 25.3. The fraction of sp³-hybridized carbons (Fsp3) is 1.00. The highest BCUT2D eigenvalue weighted by Crippen LogP contribution is 2.31. The number of hydrogen-bond acceptors (Lipinski definition) is 3. The van der Waals surface area contributed by atoms with Crippen molar-refractivity contribution < 1.29 is 8.42 Å². The molecule has 1 saturated heterocycles. The number of rotatable bonds is 5. The Kier molecular flexibility index (Phi) is 6.28. The molecule has 2 aliphatic rings. The quantitative estimate of drug-likeness (QED) is 0.786. The molecule has 0 aromatic heterocycles. The van der Waals surface area contributed by atoms with Gasteiger partial charge < -0.3 is 4.90 Å². The molecule has 1 heterocycles. The second kappa shape index (κ2) is 7.60. The summed E-state index contributed by atoms with van der Waals surface area (Å²) in [6, 6.07) is 0. The SMILES string of the molecule is CC1CCN(S(=O)(=O)NCC2(N(C)C)CCCCCC2)CC1. The molecule has 1 saturated carbocycles. The lowest BCUT2D eigenvalue weighted by molar-refractivity contribution is 0.132. The van der Waals surface area contributed by atoms with E-state index in [-0.39, 0.29) is 5.54 Å². The Hall–Kier alpha value is -0.170. The lowest BCUT2D eigenvalue weighted by atomic mass is 9.89. The van der Waals surface area contributed by atoms with Gasteiger partial charge in [0.25, 0.3) is 10.2 Å². The molecular weight excluding hydrogens is 298 g/mol. The Bertz CT molecular complexity index is 434. The summed E-state index contributed by atoms with van der Waals surface area (Å²) < 4.78 is 29.7. The molecule has 0 atom stereocenters. The molecule has 130 valence electrons. The third-order valence-electron chi connectivity index (χ3n) is 5.65. The van der Waals surface area contributed by atoms with E-state index in [0.717, 1.165) is 25.7 Å². The Morgan fingerprint density at radius 3 is 2.14 bits per heavy atom. The molecule has 0 unspecified atom stereocenters. The van der Waals surface area contributed by atoms with Gasteiger partial charge in [-0.05, 0) is 45.7 Å². The first-order chi connectivity index (χ1) is 10.4. The van der Waals surface area contributed by atoms with E-state index in [1.165, 1.54) is 25.7 Å². The van der Waals surface area contributed by atoms with E-state index >= 15 is 0 Å². The lowest BCUT2D eigenvalue weighted by Crippen LogP contribution is -2.55. The maximum Gasteiger partial charge on any atom is 0.279 e. The van der Waals surface area contributed by atoms with Crippen LogP contribution in [0.5, 0.6) is 0 Å². The Morgan fingerprint density at radius 2 is 1.64 bits per heavy atom. The van der Waals surface area contributed by atoms with Crippen LogP contribution >= 0.6 is 0 Å². The van der Waals surface area contributed by atoms with Gasteiger partial charge in [-0.1, -0.05) is 32.6 Å². The molecule has 1 aliphatic heterocycles. The molecule has 22 heavy (non-hydrogen) atoms. The van der Waals surface area contributed by atoms with Crippen molar-refractivity contribution in [3.63, 3.8) is 0 Å². The van der Waals surface area contributed by atoms with Crippen molar-refractivity contribution in [2.45, 2.75) is 63.8 Å². The highest BCUT2D eigenvalue weighted by molar-refractivity contribution is 7.87. The van der Waals surface area contributed by atoms with Crippen molar-refractivity contribution >= 4 is 10.2 Å². The van der Waals surface area contributed by atoms with Crippen LogP contribution in [-0.2, 0) is 10.2 Å². The largest absolute Gasteiger partial charge is 0.302 e. The van der Waals surface area contributed by atoms with Gasteiger partial charge >= 0.3 is 0 Å². The molecule has 0 amide bonds. The Balaban J connectivity index is 1.99. The van der Waals surface area contributed by atoms with Crippen LogP contribution in [0.1, 0.15) is 58.3 Å². The van der Waals surface area contributed by atoms with E-state index in [9.17, 15) is 8.42 Å². The zero-order valence-electron chi connectivity index (χ0n) is 14.5. The molecule has 2 rings (SSSR count). The van der Waals surface area contributed by atoms with Crippen LogP contribution in [0.4, 0.5) is 0 Å². The Labute approximate surface area is 136 Å². The smallest absolute Gasteiger partial charge is 0.279 e. The third kappa shape index (κ3) is 4.43. The van der Waals surface area contributed by atoms with Crippen molar-refractivity contribution in [3.05, 3.63) is 0 Å². The highest BCUT2D eigenvalue weighted by atomic mass is 32.2. The highest BCUT2D eigenvalue weighted by Gasteiger charge is 2.35. The lowest BCUT2D eigenvalue weighted by Gasteiger charge is -2.40. The average molecular weight is 332 g/mol. The van der Waals surface area contributed by atoms with Crippen LogP contribution in [0.2, 0.25) is 0 Å². The van der Waals surface area contributed by atoms with Crippen molar-refractivity contribution in [1.82, 2.24) is 13.9 Å². The predicted octanol–water partition coefficient (Wildman–Crippen LogP) is 2.21. The summed E-state index contributed by atoms with van der Waals surface area (Å²) in [4.78, 5) is 2.24. The van der Waals surface area contributed by atoms with Crippen molar-refractivity contribution in [2.24, 2.45) is 5.92 Å². The first-order valence-electron chi connectivity index (χ1n) is 8.78. The number of hydrogen-bond donors (Lipinski definition) is 1. The summed E-state index contributed by atoms with van der Waals surface area (Å²) in [6.07, 6.45) is 9.04. The van der Waals surface area contributed by atoms with Gasteiger partial charge in [0.1, 0.15) is 0 Å². The molecule has 0 aromatic rings. The molecule has 0 bridgehead atoms. The van der Waals surface area contributed by atoms with E-state index in [4.69, 9.17) is 0 Å². The van der Waals surface area contributed by atoms with E-state index in [0.29, 0.717) is 25.6 Å². The molecule has 0 spiro atoms. The minimum Gasteiger partial charge on any atom is -0.302 e. The number of nitrogens with zero attached hydrogens (tertiary/aromatic N) is 2. The number of piperidine rings is 1. The molecule has 2 fully saturated rings. The first-order valence-corrected chi connectivity index (χ1v) is 10.2. The van der Waals surface area contributed by atoms with Crippen LogP contribution in [-0.4, -0.2) is 56.9 Å². The van der Waals surface area contributed by atoms with E-state index in [1.54, 1.807) is 4.31 Å². The van der Waals surface area contributed by atoms with E-state index in [2.05, 4.69) is 30.6 Å². The molecule has 1 aliphatic carbocycles. The van der Waals surface area contributed by atoms with Gasteiger partial charge in [-0.3, -0.25) is 0 Å². The summed E-state index contributed by atoms with van der Waals surface area (Å²) in [5.41, 5.74) is -0.0212. The second-order valence-corrected chi connectivity index (χ2v) is 9.20. The predicted molar refractivity (Wildman–Crippen MR) is 91.0 cm³/mol. The zero-order chi connectivity index (χ0) is 16.2. The first kappa shape index (κ1) is 18.2. The standard InChI is InChI=1S/C16H33N3O2S/c1-15-8-12-19(13-9-15)22(20,21)17-14-16(18(2)3)10-6-4-5-7-11-16/h15,17H,4-14H2,1-3H3. The summed E-state index contributed by atoms with van der Waals surface area (Å²) in [7, 11) is 0.838. The molecule has 0 radical (unpaired) electrons. The molecule has 5 nitrogen and oxygen atoms in total. The zero-order valence-corrected chi connectivity index (χ0v) is 15.3. The molecule has 1 N–H and O–H groups in total. The van der Waals surface area contributed by atoms with Gasteiger partial charge in [-0.25, -0.2) is 4.72 Å². The molecule has 6 heteroatoms. The van der Waals surface area contributed by atoms with Crippen LogP contribution in [0.3, 0.4) is 0 Å². The average Bonchev–Trinajstić information content (AvgIpc) is 2.72. The summed E-state index contributed by atoms with van der Waals surface area (Å²) in [6.45, 7) is 4.05. The topological polar surface area (TPSA) is 52.7 Å². The van der Waals surface area contributed by atoms with Crippen LogP contribution < -0.4 is 4.72 Å². The van der Waals surface area contributed by atoms with Gasteiger partial charge in [-0.15, -0.1) is 0 Å². The van der Waals surface area contributed by atoms with Gasteiger partial charge in [0.15, 0.2) is 0 Å². The molecular formula is C16H33N3O2S. The maximum absolute atomic E-state index is 12.6. The van der Waals surface area contributed by atoms with Crippen molar-refractivity contribution in [1.29, 1.82) is 0 Å².